The third-order valence-electron chi connectivity index (χ3n) is 8.29. The molecule has 0 bridgehead atoms. The molecule has 0 saturated carbocycles. The highest BCUT2D eigenvalue weighted by Crippen LogP contribution is 2.54. The Hall–Kier alpha value is -3.08. The van der Waals surface area contributed by atoms with Gasteiger partial charge in [0.25, 0.3) is 0 Å². The number of carboxylic acid groups (broad SMARTS) is 1. The van der Waals surface area contributed by atoms with Crippen molar-refractivity contribution in [3.8, 4) is 0 Å². The molecule has 254 valence electrons. The van der Waals surface area contributed by atoms with Gasteiger partial charge in [0, 0.05) is 30.1 Å². The second kappa shape index (κ2) is 18.8. The molecule has 0 fully saturated rings. The van der Waals surface area contributed by atoms with Crippen LogP contribution in [-0.2, 0) is 24.1 Å². The molecule has 0 aromatic rings. The lowest BCUT2D eigenvalue weighted by atomic mass is 9.56. The molecular weight excluding hydrogens is 596 g/mol. The second-order valence-corrected chi connectivity index (χ2v) is 14.0. The summed E-state index contributed by atoms with van der Waals surface area (Å²) in [4.78, 5) is 46.6. The van der Waals surface area contributed by atoms with Crippen LogP contribution in [0.1, 0.15) is 107 Å². The molecule has 0 heterocycles. The SMILES string of the molecule is C=CCON=C(C)CCC1(C(=O)O)C(O)=C(C)C(=O)CC1(C)C.CCCC(=NOCC)C1=C(O)CC(CC(C)SCC)CC1=O. The molecule has 45 heavy (non-hydrogen) atoms. The number of aliphatic hydroxyl groups excluding tert-OH is 2. The van der Waals surface area contributed by atoms with Crippen molar-refractivity contribution in [1.82, 2.24) is 0 Å². The van der Waals surface area contributed by atoms with Gasteiger partial charge in [-0.2, -0.15) is 11.8 Å². The summed E-state index contributed by atoms with van der Waals surface area (Å²) in [5.74, 6) is -0.172. The Balaban J connectivity index is 0.000000450. The quantitative estimate of drug-likeness (QED) is 0.0658. The van der Waals surface area contributed by atoms with Gasteiger partial charge in [0.05, 0.1) is 17.0 Å². The molecule has 2 rings (SSSR count). The first kappa shape index (κ1) is 39.9. The van der Waals surface area contributed by atoms with E-state index in [1.165, 1.54) is 6.92 Å². The highest BCUT2D eigenvalue weighted by atomic mass is 32.2. The number of ketones is 2. The van der Waals surface area contributed by atoms with E-state index in [2.05, 4.69) is 30.7 Å². The molecule has 0 aliphatic heterocycles. The summed E-state index contributed by atoms with van der Waals surface area (Å²) >= 11 is 1.90. The maximum absolute atomic E-state index is 12.5. The van der Waals surface area contributed by atoms with E-state index in [0.29, 0.717) is 54.5 Å². The van der Waals surface area contributed by atoms with Gasteiger partial charge in [-0.3, -0.25) is 14.4 Å². The van der Waals surface area contributed by atoms with Crippen molar-refractivity contribution in [2.24, 2.45) is 27.1 Å². The van der Waals surface area contributed by atoms with E-state index in [-0.39, 0.29) is 54.0 Å². The fraction of sp³-hybridized carbons (Fsp3) is 0.676. The minimum absolute atomic E-state index is 0.00866. The summed E-state index contributed by atoms with van der Waals surface area (Å²) in [6.07, 6.45) is 5.67. The molecule has 0 saturated heterocycles. The van der Waals surface area contributed by atoms with Gasteiger partial charge in [-0.25, -0.2) is 0 Å². The summed E-state index contributed by atoms with van der Waals surface area (Å²) in [6.45, 7) is 19.0. The number of nitrogens with zero attached hydrogens (tertiary/aromatic N) is 2. The summed E-state index contributed by atoms with van der Waals surface area (Å²) in [5, 5.41) is 39.1. The van der Waals surface area contributed by atoms with Crippen LogP contribution in [0.4, 0.5) is 0 Å². The van der Waals surface area contributed by atoms with Gasteiger partial charge in [-0.05, 0) is 63.5 Å². The molecule has 0 aromatic heterocycles. The van der Waals surface area contributed by atoms with Gasteiger partial charge >= 0.3 is 5.97 Å². The molecule has 2 aliphatic rings. The van der Waals surface area contributed by atoms with E-state index in [1.807, 2.05) is 25.6 Å². The van der Waals surface area contributed by atoms with E-state index in [4.69, 9.17) is 9.68 Å². The first-order valence-electron chi connectivity index (χ1n) is 15.8. The molecule has 0 radical (unpaired) electrons. The molecule has 10 nitrogen and oxygen atoms in total. The fourth-order valence-corrected chi connectivity index (χ4v) is 6.89. The van der Waals surface area contributed by atoms with Crippen LogP contribution in [0.15, 0.2) is 45.6 Å². The maximum Gasteiger partial charge on any atom is 0.317 e. The molecule has 11 heteroatoms. The highest BCUT2D eigenvalue weighted by Gasteiger charge is 2.58. The lowest BCUT2D eigenvalue weighted by molar-refractivity contribution is -0.159. The zero-order chi connectivity index (χ0) is 34.4. The molecule has 2 aliphatic carbocycles. The van der Waals surface area contributed by atoms with E-state index in [1.54, 1.807) is 26.8 Å². The largest absolute Gasteiger partial charge is 0.511 e. The average Bonchev–Trinajstić information content (AvgIpc) is 2.94. The van der Waals surface area contributed by atoms with Crippen molar-refractivity contribution in [2.45, 2.75) is 112 Å². The van der Waals surface area contributed by atoms with Gasteiger partial charge < -0.3 is 25.0 Å². The van der Waals surface area contributed by atoms with Gasteiger partial charge in [-0.1, -0.05) is 64.0 Å². The number of allylic oxidation sites excluding steroid dienone is 3. The Kier molecular flexibility index (Phi) is 16.7. The lowest BCUT2D eigenvalue weighted by Crippen LogP contribution is -2.51. The number of carbonyl (C=O) groups excluding carboxylic acids is 2. The number of aliphatic hydroxyl groups is 2. The van der Waals surface area contributed by atoms with Crippen LogP contribution in [-0.4, -0.2) is 68.5 Å². The topological polar surface area (TPSA) is 155 Å². The lowest BCUT2D eigenvalue weighted by Gasteiger charge is -2.46. The van der Waals surface area contributed by atoms with Crippen LogP contribution in [0.25, 0.3) is 0 Å². The van der Waals surface area contributed by atoms with Crippen LogP contribution in [0.2, 0.25) is 0 Å². The monoisotopic (exact) mass is 650 g/mol. The first-order valence-corrected chi connectivity index (χ1v) is 16.9. The highest BCUT2D eigenvalue weighted by molar-refractivity contribution is 7.99. The summed E-state index contributed by atoms with van der Waals surface area (Å²) in [5.41, 5.74) is -0.666. The van der Waals surface area contributed by atoms with E-state index < -0.39 is 16.8 Å². The number of thioether (sulfide) groups is 1. The number of Topliss-reactive ketones (excluding diaryl/α,β-unsaturated/α-hetero) is 2. The molecule has 3 N–H and O–H groups in total. The maximum atomic E-state index is 12.5. The van der Waals surface area contributed by atoms with Crippen LogP contribution in [0, 0.1) is 16.7 Å². The molecule has 3 unspecified atom stereocenters. The number of aliphatic carboxylic acids is 1. The average molecular weight is 651 g/mol. The summed E-state index contributed by atoms with van der Waals surface area (Å²) in [6, 6.07) is 0. The number of hydrogen-bond donors (Lipinski definition) is 3. The van der Waals surface area contributed by atoms with Gasteiger partial charge in [-0.15, -0.1) is 0 Å². The standard InChI is InChI=1S/C17H25NO5.C17H29NO3S/c1-6-9-23-18-11(2)7-8-17(15(21)22)14(20)12(3)13(19)10-16(17,4)5;1-5-8-14(18-21-6-2)17-15(19)10-13(11-16(17)20)9-12(4)22-7-3/h6,20H,1,7-10H2,2-5H3,(H,21,22);12-13,19H,5-11H2,1-4H3. The number of oxime groups is 2. The zero-order valence-electron chi connectivity index (χ0n) is 28.4. The Morgan fingerprint density at radius 3 is 2.31 bits per heavy atom. The van der Waals surface area contributed by atoms with Crippen molar-refractivity contribution in [3.63, 3.8) is 0 Å². The van der Waals surface area contributed by atoms with E-state index >= 15 is 0 Å². The zero-order valence-corrected chi connectivity index (χ0v) is 29.2. The van der Waals surface area contributed by atoms with Gasteiger partial charge in [0.15, 0.2) is 11.6 Å². The Morgan fingerprint density at radius 1 is 1.11 bits per heavy atom. The van der Waals surface area contributed by atoms with Crippen molar-refractivity contribution in [1.29, 1.82) is 0 Å². The normalized spacial score (nSPS) is 22.9. The van der Waals surface area contributed by atoms with Crippen LogP contribution >= 0.6 is 11.8 Å². The molecule has 0 spiro atoms. The third kappa shape index (κ3) is 10.8. The van der Waals surface area contributed by atoms with Crippen molar-refractivity contribution < 1.29 is 39.4 Å². The van der Waals surface area contributed by atoms with Crippen molar-refractivity contribution in [3.05, 3.63) is 35.3 Å². The number of rotatable bonds is 16. The third-order valence-corrected chi connectivity index (χ3v) is 9.39. The number of hydrogen-bond acceptors (Lipinski definition) is 10. The van der Waals surface area contributed by atoms with E-state index in [0.717, 1.165) is 18.6 Å². The van der Waals surface area contributed by atoms with Crippen molar-refractivity contribution in [2.75, 3.05) is 19.0 Å². The molecule has 0 aromatic carbocycles. The smallest absolute Gasteiger partial charge is 0.317 e. The summed E-state index contributed by atoms with van der Waals surface area (Å²) < 4.78 is 0. The second-order valence-electron chi connectivity index (χ2n) is 12.3. The number of carboxylic acids is 1. The van der Waals surface area contributed by atoms with Crippen LogP contribution < -0.4 is 0 Å². The van der Waals surface area contributed by atoms with Crippen LogP contribution in [0.3, 0.4) is 0 Å². The number of carbonyl (C=O) groups is 3. The minimum Gasteiger partial charge on any atom is -0.511 e. The molecule has 3 atom stereocenters. The molecular formula is C34H54N2O8S. The first-order chi connectivity index (χ1) is 21.1. The fourth-order valence-electron chi connectivity index (χ4n) is 5.91. The van der Waals surface area contributed by atoms with Crippen LogP contribution in [0.5, 0.6) is 0 Å². The van der Waals surface area contributed by atoms with Crippen molar-refractivity contribution >= 4 is 40.7 Å². The minimum atomic E-state index is -1.51. The Labute approximate surface area is 273 Å². The predicted octanol–water partition coefficient (Wildman–Crippen LogP) is 7.75. The summed E-state index contributed by atoms with van der Waals surface area (Å²) in [7, 11) is 0. The van der Waals surface area contributed by atoms with Gasteiger partial charge in [0.1, 0.15) is 30.1 Å². The van der Waals surface area contributed by atoms with Gasteiger partial charge in [0.2, 0.25) is 0 Å². The molecule has 0 amide bonds. The Morgan fingerprint density at radius 2 is 1.78 bits per heavy atom. The van der Waals surface area contributed by atoms with E-state index in [9.17, 15) is 29.7 Å². The Bertz CT molecular complexity index is 1190. The predicted molar refractivity (Wildman–Crippen MR) is 181 cm³/mol.